The van der Waals surface area contributed by atoms with Gasteiger partial charge in [0.15, 0.2) is 0 Å². The lowest BCUT2D eigenvalue weighted by atomic mass is 9.75. The number of hydrogen-bond acceptors (Lipinski definition) is 1. The van der Waals surface area contributed by atoms with Crippen LogP contribution in [0.2, 0.25) is 0 Å². The number of carbonyl (C=O) groups excluding carboxylic acids is 1. The van der Waals surface area contributed by atoms with E-state index in [4.69, 9.17) is 0 Å². The van der Waals surface area contributed by atoms with Gasteiger partial charge in [0.1, 0.15) is 0 Å². The van der Waals surface area contributed by atoms with E-state index in [-0.39, 0.29) is 5.91 Å². The van der Waals surface area contributed by atoms with Crippen LogP contribution < -0.4 is 5.32 Å². The summed E-state index contributed by atoms with van der Waals surface area (Å²) in [4.78, 5) is 11.0. The molecule has 2 heteroatoms. The summed E-state index contributed by atoms with van der Waals surface area (Å²) in [5, 5.41) is 2.84. The van der Waals surface area contributed by atoms with Crippen molar-refractivity contribution in [2.75, 3.05) is 6.54 Å². The first kappa shape index (κ1) is 14.3. The van der Waals surface area contributed by atoms with Crippen molar-refractivity contribution in [3.63, 3.8) is 0 Å². The van der Waals surface area contributed by atoms with Crippen LogP contribution in [0.5, 0.6) is 0 Å². The van der Waals surface area contributed by atoms with Gasteiger partial charge in [0.05, 0.1) is 0 Å². The highest BCUT2D eigenvalue weighted by molar-refractivity contribution is 5.86. The Labute approximate surface area is 106 Å². The van der Waals surface area contributed by atoms with Crippen LogP contribution in [0.1, 0.15) is 52.4 Å². The molecule has 1 N–H and O–H groups in total. The molecule has 1 aliphatic carbocycles. The zero-order valence-electron chi connectivity index (χ0n) is 11.4. The topological polar surface area (TPSA) is 29.1 Å². The molecule has 1 aliphatic rings. The SMILES string of the molecule is C=CC(=O)NCCC[C@@H](C)C1CCC[C@@H](C)C1. The molecule has 17 heavy (non-hydrogen) atoms. The van der Waals surface area contributed by atoms with Crippen LogP contribution in [0.3, 0.4) is 0 Å². The van der Waals surface area contributed by atoms with Crippen LogP contribution in [0.4, 0.5) is 0 Å². The van der Waals surface area contributed by atoms with Crippen LogP contribution in [0, 0.1) is 17.8 Å². The summed E-state index contributed by atoms with van der Waals surface area (Å²) in [6.07, 6.45) is 9.29. The fourth-order valence-corrected chi connectivity index (χ4v) is 2.94. The van der Waals surface area contributed by atoms with Gasteiger partial charge in [-0.05, 0) is 43.1 Å². The zero-order valence-corrected chi connectivity index (χ0v) is 11.4. The van der Waals surface area contributed by atoms with E-state index >= 15 is 0 Å². The minimum absolute atomic E-state index is 0.0519. The highest BCUT2D eigenvalue weighted by Gasteiger charge is 2.23. The Bertz CT molecular complexity index is 249. The first-order valence-electron chi connectivity index (χ1n) is 7.03. The van der Waals surface area contributed by atoms with Gasteiger partial charge < -0.3 is 5.32 Å². The molecule has 0 bridgehead atoms. The van der Waals surface area contributed by atoms with Gasteiger partial charge in [-0.25, -0.2) is 0 Å². The molecule has 0 spiro atoms. The van der Waals surface area contributed by atoms with Crippen molar-refractivity contribution in [3.8, 4) is 0 Å². The number of hydrogen-bond donors (Lipinski definition) is 1. The van der Waals surface area contributed by atoms with Gasteiger partial charge in [0.2, 0.25) is 5.91 Å². The maximum atomic E-state index is 11.0. The second-order valence-corrected chi connectivity index (χ2v) is 5.65. The zero-order chi connectivity index (χ0) is 12.7. The Balaban J connectivity index is 2.13. The van der Waals surface area contributed by atoms with Gasteiger partial charge in [-0.3, -0.25) is 4.79 Å². The maximum absolute atomic E-state index is 11.0. The summed E-state index contributed by atoms with van der Waals surface area (Å²) in [6, 6.07) is 0. The predicted molar refractivity (Wildman–Crippen MR) is 72.7 cm³/mol. The van der Waals surface area contributed by atoms with E-state index in [2.05, 4.69) is 25.7 Å². The highest BCUT2D eigenvalue weighted by atomic mass is 16.1. The van der Waals surface area contributed by atoms with Crippen LogP contribution in [0.25, 0.3) is 0 Å². The average molecular weight is 237 g/mol. The summed E-state index contributed by atoms with van der Waals surface area (Å²) >= 11 is 0. The van der Waals surface area contributed by atoms with E-state index in [0.717, 1.165) is 30.7 Å². The van der Waals surface area contributed by atoms with Crippen molar-refractivity contribution in [2.45, 2.75) is 52.4 Å². The van der Waals surface area contributed by atoms with Gasteiger partial charge in [-0.15, -0.1) is 0 Å². The van der Waals surface area contributed by atoms with E-state index in [1.54, 1.807) is 0 Å². The fraction of sp³-hybridized carbons (Fsp3) is 0.800. The van der Waals surface area contributed by atoms with Crippen LogP contribution in [-0.4, -0.2) is 12.5 Å². The molecule has 0 aromatic heterocycles. The van der Waals surface area contributed by atoms with Crippen LogP contribution in [-0.2, 0) is 4.79 Å². The first-order valence-corrected chi connectivity index (χ1v) is 7.03. The van der Waals surface area contributed by atoms with Crippen molar-refractivity contribution >= 4 is 5.91 Å². The molecule has 2 nitrogen and oxygen atoms in total. The smallest absolute Gasteiger partial charge is 0.243 e. The Hall–Kier alpha value is -0.790. The number of rotatable bonds is 6. The monoisotopic (exact) mass is 237 g/mol. The molecule has 1 unspecified atom stereocenters. The lowest BCUT2D eigenvalue weighted by Crippen LogP contribution is -2.24. The van der Waals surface area contributed by atoms with Crippen molar-refractivity contribution in [2.24, 2.45) is 17.8 Å². The van der Waals surface area contributed by atoms with Crippen molar-refractivity contribution < 1.29 is 4.79 Å². The lowest BCUT2D eigenvalue weighted by molar-refractivity contribution is -0.116. The molecule has 0 radical (unpaired) electrons. The molecule has 1 amide bonds. The summed E-state index contributed by atoms with van der Waals surface area (Å²) in [6.45, 7) is 8.98. The van der Waals surface area contributed by atoms with Crippen LogP contribution in [0.15, 0.2) is 12.7 Å². The number of nitrogens with one attached hydrogen (secondary N) is 1. The molecular formula is C15H27NO. The Morgan fingerprint density at radius 2 is 2.29 bits per heavy atom. The summed E-state index contributed by atoms with van der Waals surface area (Å²) in [5.41, 5.74) is 0. The molecule has 0 heterocycles. The van der Waals surface area contributed by atoms with Crippen molar-refractivity contribution in [1.82, 2.24) is 5.32 Å². The third-order valence-corrected chi connectivity index (χ3v) is 4.10. The van der Waals surface area contributed by atoms with Gasteiger partial charge in [0, 0.05) is 6.54 Å². The van der Waals surface area contributed by atoms with E-state index in [1.165, 1.54) is 38.2 Å². The molecule has 98 valence electrons. The van der Waals surface area contributed by atoms with E-state index in [0.29, 0.717) is 0 Å². The van der Waals surface area contributed by atoms with E-state index < -0.39 is 0 Å². The molecule has 0 aliphatic heterocycles. The molecule has 0 aromatic rings. The second-order valence-electron chi connectivity index (χ2n) is 5.65. The molecule has 3 atom stereocenters. The third-order valence-electron chi connectivity index (χ3n) is 4.10. The van der Waals surface area contributed by atoms with Gasteiger partial charge in [-0.2, -0.15) is 0 Å². The van der Waals surface area contributed by atoms with Gasteiger partial charge in [0.25, 0.3) is 0 Å². The van der Waals surface area contributed by atoms with Gasteiger partial charge in [-0.1, -0.05) is 39.7 Å². The highest BCUT2D eigenvalue weighted by Crippen LogP contribution is 2.35. The Morgan fingerprint density at radius 3 is 2.94 bits per heavy atom. The second kappa shape index (κ2) is 7.52. The number of carbonyl (C=O) groups is 1. The molecule has 1 fully saturated rings. The lowest BCUT2D eigenvalue weighted by Gasteiger charge is -2.31. The van der Waals surface area contributed by atoms with Crippen molar-refractivity contribution in [3.05, 3.63) is 12.7 Å². The first-order chi connectivity index (χ1) is 8.13. The molecule has 0 aromatic carbocycles. The molecule has 1 rings (SSSR count). The quantitative estimate of drug-likeness (QED) is 0.555. The third kappa shape index (κ3) is 5.38. The maximum Gasteiger partial charge on any atom is 0.243 e. The van der Waals surface area contributed by atoms with E-state index in [1.807, 2.05) is 0 Å². The normalized spacial score (nSPS) is 26.2. The van der Waals surface area contributed by atoms with Gasteiger partial charge >= 0.3 is 0 Å². The molecule has 1 saturated carbocycles. The van der Waals surface area contributed by atoms with E-state index in [9.17, 15) is 4.79 Å². The number of amides is 1. The van der Waals surface area contributed by atoms with Crippen LogP contribution >= 0.6 is 0 Å². The van der Waals surface area contributed by atoms with Crippen molar-refractivity contribution in [1.29, 1.82) is 0 Å². The summed E-state index contributed by atoms with van der Waals surface area (Å²) in [5.74, 6) is 2.58. The standard InChI is InChI=1S/C15H27NO/c1-4-15(17)16-10-6-8-13(3)14-9-5-7-12(2)11-14/h4,12-14H,1,5-11H2,2-3H3,(H,16,17)/t12-,13-,14?/m1/s1. The largest absolute Gasteiger partial charge is 0.353 e. The molecular weight excluding hydrogens is 210 g/mol. The Morgan fingerprint density at radius 1 is 1.53 bits per heavy atom. The summed E-state index contributed by atoms with van der Waals surface area (Å²) in [7, 11) is 0. The molecule has 0 saturated heterocycles. The average Bonchev–Trinajstić information content (AvgIpc) is 2.34. The summed E-state index contributed by atoms with van der Waals surface area (Å²) < 4.78 is 0. The predicted octanol–water partition coefficient (Wildman–Crippen LogP) is 3.53. The Kier molecular flexibility index (Phi) is 6.31. The minimum Gasteiger partial charge on any atom is -0.353 e. The minimum atomic E-state index is -0.0519. The fourth-order valence-electron chi connectivity index (χ4n) is 2.94.